The normalized spacial score (nSPS) is 10.3. The maximum absolute atomic E-state index is 11.3. The minimum atomic E-state index is -0.105. The van der Waals surface area contributed by atoms with Gasteiger partial charge in [0.1, 0.15) is 11.6 Å². The van der Waals surface area contributed by atoms with E-state index in [0.717, 1.165) is 35.7 Å². The predicted octanol–water partition coefficient (Wildman–Crippen LogP) is 4.67. The molecule has 138 valence electrons. The van der Waals surface area contributed by atoms with Crippen LogP contribution in [0, 0.1) is 0 Å². The largest absolute Gasteiger partial charge is 0.370 e. The first kappa shape index (κ1) is 18.4. The smallest absolute Gasteiger partial charge is 0.221 e. The van der Waals surface area contributed by atoms with Crippen molar-refractivity contribution in [3.05, 3.63) is 60.7 Å². The highest BCUT2D eigenvalue weighted by Crippen LogP contribution is 2.24. The van der Waals surface area contributed by atoms with Crippen LogP contribution in [0.15, 0.2) is 60.7 Å². The van der Waals surface area contributed by atoms with E-state index in [0.29, 0.717) is 11.6 Å². The predicted molar refractivity (Wildman–Crippen MR) is 110 cm³/mol. The summed E-state index contributed by atoms with van der Waals surface area (Å²) in [6.45, 7) is 4.43. The van der Waals surface area contributed by atoms with E-state index < -0.39 is 0 Å². The summed E-state index contributed by atoms with van der Waals surface area (Å²) in [5.41, 5.74) is 2.52. The molecule has 1 amide bonds. The second kappa shape index (κ2) is 8.80. The van der Waals surface area contributed by atoms with Crippen LogP contribution in [0.3, 0.4) is 0 Å². The molecule has 0 saturated carbocycles. The molecule has 1 heterocycles. The fraction of sp³-hybridized carbons (Fsp3) is 0.190. The number of hydrogen-bond acceptors (Lipinski definition) is 5. The molecule has 0 unspecified atom stereocenters. The second-order valence-electron chi connectivity index (χ2n) is 6.14. The average molecular weight is 361 g/mol. The van der Waals surface area contributed by atoms with Crippen LogP contribution in [0.5, 0.6) is 0 Å². The number of aromatic nitrogens is 2. The first-order valence-electron chi connectivity index (χ1n) is 8.97. The molecule has 3 aromatic rings. The Morgan fingerprint density at radius 3 is 2.41 bits per heavy atom. The van der Waals surface area contributed by atoms with Gasteiger partial charge in [0.15, 0.2) is 5.82 Å². The number of nitrogens with zero attached hydrogens (tertiary/aromatic N) is 2. The molecule has 1 aromatic heterocycles. The van der Waals surface area contributed by atoms with Crippen molar-refractivity contribution in [3.8, 4) is 11.4 Å². The third-order valence-corrected chi connectivity index (χ3v) is 3.77. The van der Waals surface area contributed by atoms with Crippen LogP contribution in [0.2, 0.25) is 0 Å². The molecule has 0 aliphatic rings. The molecular formula is C21H23N5O. The van der Waals surface area contributed by atoms with Gasteiger partial charge >= 0.3 is 0 Å². The lowest BCUT2D eigenvalue weighted by atomic mass is 10.2. The van der Waals surface area contributed by atoms with Crippen LogP contribution >= 0.6 is 0 Å². The summed E-state index contributed by atoms with van der Waals surface area (Å²) in [6, 6.07) is 19.3. The molecule has 6 heteroatoms. The van der Waals surface area contributed by atoms with Crippen molar-refractivity contribution in [2.45, 2.75) is 20.3 Å². The highest BCUT2D eigenvalue weighted by Gasteiger charge is 2.08. The summed E-state index contributed by atoms with van der Waals surface area (Å²) in [5.74, 6) is 2.00. The fourth-order valence-electron chi connectivity index (χ4n) is 2.60. The van der Waals surface area contributed by atoms with Crippen LogP contribution in [0.4, 0.5) is 23.0 Å². The first-order chi connectivity index (χ1) is 13.1. The minimum Gasteiger partial charge on any atom is -0.370 e. The monoisotopic (exact) mass is 361 g/mol. The summed E-state index contributed by atoms with van der Waals surface area (Å²) >= 11 is 0. The molecule has 0 atom stereocenters. The van der Waals surface area contributed by atoms with Gasteiger partial charge in [-0.1, -0.05) is 43.3 Å². The number of rotatable bonds is 7. The molecule has 0 radical (unpaired) electrons. The van der Waals surface area contributed by atoms with E-state index in [9.17, 15) is 4.79 Å². The van der Waals surface area contributed by atoms with Crippen molar-refractivity contribution in [2.24, 2.45) is 0 Å². The third-order valence-electron chi connectivity index (χ3n) is 3.77. The molecule has 0 aliphatic heterocycles. The minimum absolute atomic E-state index is 0.105. The molecule has 3 N–H and O–H groups in total. The van der Waals surface area contributed by atoms with Crippen molar-refractivity contribution >= 4 is 28.9 Å². The molecule has 27 heavy (non-hydrogen) atoms. The zero-order chi connectivity index (χ0) is 19.1. The Balaban J connectivity index is 1.91. The van der Waals surface area contributed by atoms with Crippen molar-refractivity contribution in [1.82, 2.24) is 9.97 Å². The SMILES string of the molecule is CCCNc1cc(Nc2cccc(NC(C)=O)c2)nc(-c2ccccc2)n1. The number of nitrogens with one attached hydrogen (secondary N) is 3. The summed E-state index contributed by atoms with van der Waals surface area (Å²) in [4.78, 5) is 20.5. The summed E-state index contributed by atoms with van der Waals surface area (Å²) in [6.07, 6.45) is 1.01. The Morgan fingerprint density at radius 1 is 0.926 bits per heavy atom. The molecule has 3 rings (SSSR count). The maximum atomic E-state index is 11.3. The van der Waals surface area contributed by atoms with E-state index in [1.165, 1.54) is 6.92 Å². The van der Waals surface area contributed by atoms with Crippen LogP contribution < -0.4 is 16.0 Å². The van der Waals surface area contributed by atoms with Crippen molar-refractivity contribution in [3.63, 3.8) is 0 Å². The Kier molecular flexibility index (Phi) is 5.99. The Labute approximate surface area is 159 Å². The molecule has 0 spiro atoms. The molecule has 0 fully saturated rings. The summed E-state index contributed by atoms with van der Waals surface area (Å²) < 4.78 is 0. The number of anilines is 4. The van der Waals surface area contributed by atoms with Crippen molar-refractivity contribution < 1.29 is 4.79 Å². The third kappa shape index (κ3) is 5.28. The van der Waals surface area contributed by atoms with E-state index in [-0.39, 0.29) is 5.91 Å². The van der Waals surface area contributed by atoms with Gasteiger partial charge in [-0.2, -0.15) is 0 Å². The molecule has 6 nitrogen and oxygen atoms in total. The van der Waals surface area contributed by atoms with Gasteiger partial charge in [-0.25, -0.2) is 9.97 Å². The van der Waals surface area contributed by atoms with Gasteiger partial charge in [0.05, 0.1) is 0 Å². The van der Waals surface area contributed by atoms with Gasteiger partial charge in [0.25, 0.3) is 0 Å². The lowest BCUT2D eigenvalue weighted by Gasteiger charge is -2.12. The highest BCUT2D eigenvalue weighted by molar-refractivity contribution is 5.89. The van der Waals surface area contributed by atoms with Gasteiger partial charge in [0, 0.05) is 36.5 Å². The van der Waals surface area contributed by atoms with Crippen molar-refractivity contribution in [1.29, 1.82) is 0 Å². The molecular weight excluding hydrogens is 338 g/mol. The lowest BCUT2D eigenvalue weighted by Crippen LogP contribution is -2.07. The van der Waals surface area contributed by atoms with E-state index in [2.05, 4.69) is 32.8 Å². The maximum Gasteiger partial charge on any atom is 0.221 e. The topological polar surface area (TPSA) is 78.9 Å². The fourth-order valence-corrected chi connectivity index (χ4v) is 2.60. The van der Waals surface area contributed by atoms with Gasteiger partial charge in [-0.3, -0.25) is 4.79 Å². The van der Waals surface area contributed by atoms with E-state index in [4.69, 9.17) is 0 Å². The van der Waals surface area contributed by atoms with Gasteiger partial charge in [0.2, 0.25) is 5.91 Å². The van der Waals surface area contributed by atoms with Gasteiger partial charge < -0.3 is 16.0 Å². The summed E-state index contributed by atoms with van der Waals surface area (Å²) in [7, 11) is 0. The number of amides is 1. The van der Waals surface area contributed by atoms with Crippen LogP contribution in [0.25, 0.3) is 11.4 Å². The van der Waals surface area contributed by atoms with Crippen LogP contribution in [-0.4, -0.2) is 22.4 Å². The lowest BCUT2D eigenvalue weighted by molar-refractivity contribution is -0.114. The quantitative estimate of drug-likeness (QED) is 0.570. The molecule has 0 saturated heterocycles. The Bertz CT molecular complexity index is 911. The van der Waals surface area contributed by atoms with Crippen LogP contribution in [-0.2, 0) is 4.79 Å². The second-order valence-corrected chi connectivity index (χ2v) is 6.14. The number of hydrogen-bond donors (Lipinski definition) is 3. The molecule has 0 aliphatic carbocycles. The molecule has 0 bridgehead atoms. The summed E-state index contributed by atoms with van der Waals surface area (Å²) in [5, 5.41) is 9.41. The number of carbonyl (C=O) groups excluding carboxylic acids is 1. The number of carbonyl (C=O) groups is 1. The zero-order valence-electron chi connectivity index (χ0n) is 15.5. The Hall–Kier alpha value is -3.41. The van der Waals surface area contributed by atoms with Crippen molar-refractivity contribution in [2.75, 3.05) is 22.5 Å². The standard InChI is InChI=1S/C21H23N5O/c1-3-12-22-19-14-20(26-21(25-19)16-8-5-4-6-9-16)24-18-11-7-10-17(13-18)23-15(2)27/h4-11,13-14H,3,12H2,1-2H3,(H,23,27)(H2,22,24,25,26). The van der Waals surface area contributed by atoms with Gasteiger partial charge in [-0.15, -0.1) is 0 Å². The number of benzene rings is 2. The Morgan fingerprint density at radius 2 is 1.67 bits per heavy atom. The average Bonchev–Trinajstić information content (AvgIpc) is 2.67. The highest BCUT2D eigenvalue weighted by atomic mass is 16.1. The van der Waals surface area contributed by atoms with Gasteiger partial charge in [-0.05, 0) is 24.6 Å². The van der Waals surface area contributed by atoms with Crippen LogP contribution in [0.1, 0.15) is 20.3 Å². The molecule has 2 aromatic carbocycles. The zero-order valence-corrected chi connectivity index (χ0v) is 15.5. The van der Waals surface area contributed by atoms with E-state index >= 15 is 0 Å². The van der Waals surface area contributed by atoms with E-state index in [1.807, 2.05) is 60.7 Å². The first-order valence-corrected chi connectivity index (χ1v) is 8.97. The van der Waals surface area contributed by atoms with E-state index in [1.54, 1.807) is 0 Å².